The van der Waals surface area contributed by atoms with Crippen LogP contribution < -0.4 is 10.2 Å². The van der Waals surface area contributed by atoms with E-state index in [1.54, 1.807) is 0 Å². The van der Waals surface area contributed by atoms with Gasteiger partial charge in [-0.2, -0.15) is 0 Å². The molecule has 1 aliphatic rings. The molecule has 5 nitrogen and oxygen atoms in total. The summed E-state index contributed by atoms with van der Waals surface area (Å²) in [6, 6.07) is 18.2. The first-order chi connectivity index (χ1) is 12.6. The molecule has 0 saturated carbocycles. The van der Waals surface area contributed by atoms with Gasteiger partial charge in [0.1, 0.15) is 0 Å². The zero-order valence-corrected chi connectivity index (χ0v) is 14.9. The molecule has 0 radical (unpaired) electrons. The van der Waals surface area contributed by atoms with Crippen molar-refractivity contribution in [2.45, 2.75) is 44.7 Å². The molecule has 0 spiro atoms. The van der Waals surface area contributed by atoms with Crippen molar-refractivity contribution in [2.75, 3.05) is 10.2 Å². The fraction of sp³-hybridized carbons (Fsp3) is 0.333. The predicted octanol–water partition coefficient (Wildman–Crippen LogP) is 4.22. The van der Waals surface area contributed by atoms with Gasteiger partial charge < -0.3 is 15.3 Å². The van der Waals surface area contributed by atoms with E-state index >= 15 is 0 Å². The van der Waals surface area contributed by atoms with E-state index < -0.39 is 5.97 Å². The van der Waals surface area contributed by atoms with Gasteiger partial charge in [0.15, 0.2) is 0 Å². The molecule has 0 aromatic heterocycles. The number of para-hydroxylation sites is 2. The standard InChI is InChI=1S/C21H24N2O3/c1-15-14-18(22-16-8-3-2-4-9-16)17-10-5-6-11-19(17)23(15)20(24)12-7-13-21(25)26/h2-6,8-11,15,18,22H,7,12-14H2,1H3,(H,25,26)/t15-,18+/m1/s1. The summed E-state index contributed by atoms with van der Waals surface area (Å²) in [5.74, 6) is -0.874. The lowest BCUT2D eigenvalue weighted by Crippen LogP contribution is -2.44. The fourth-order valence-electron chi connectivity index (χ4n) is 3.58. The Balaban J connectivity index is 1.81. The molecule has 136 valence electrons. The maximum atomic E-state index is 12.7. The minimum atomic E-state index is -0.864. The molecule has 1 aliphatic heterocycles. The molecule has 1 heterocycles. The van der Waals surface area contributed by atoms with E-state index in [-0.39, 0.29) is 30.8 Å². The van der Waals surface area contributed by atoms with Crippen molar-refractivity contribution in [3.63, 3.8) is 0 Å². The summed E-state index contributed by atoms with van der Waals surface area (Å²) < 4.78 is 0. The zero-order valence-electron chi connectivity index (χ0n) is 14.9. The van der Waals surface area contributed by atoms with Gasteiger partial charge in [0.05, 0.1) is 6.04 Å². The molecule has 2 aromatic rings. The summed E-state index contributed by atoms with van der Waals surface area (Å²) >= 11 is 0. The van der Waals surface area contributed by atoms with E-state index in [4.69, 9.17) is 5.11 Å². The fourth-order valence-corrected chi connectivity index (χ4v) is 3.58. The number of aliphatic carboxylic acids is 1. The average Bonchev–Trinajstić information content (AvgIpc) is 2.62. The highest BCUT2D eigenvalue weighted by atomic mass is 16.4. The van der Waals surface area contributed by atoms with E-state index in [1.165, 1.54) is 0 Å². The first-order valence-corrected chi connectivity index (χ1v) is 9.00. The van der Waals surface area contributed by atoms with Gasteiger partial charge in [0.2, 0.25) is 5.91 Å². The number of carboxylic acid groups (broad SMARTS) is 1. The van der Waals surface area contributed by atoms with Gasteiger partial charge in [-0.05, 0) is 43.5 Å². The second kappa shape index (κ2) is 8.04. The maximum Gasteiger partial charge on any atom is 0.303 e. The van der Waals surface area contributed by atoms with Crippen molar-refractivity contribution in [1.29, 1.82) is 0 Å². The summed E-state index contributed by atoms with van der Waals surface area (Å²) in [6.07, 6.45) is 1.44. The summed E-state index contributed by atoms with van der Waals surface area (Å²) in [4.78, 5) is 25.3. The number of nitrogens with one attached hydrogen (secondary N) is 1. The number of carbonyl (C=O) groups excluding carboxylic acids is 1. The molecule has 26 heavy (non-hydrogen) atoms. The first kappa shape index (κ1) is 18.0. The molecule has 0 fully saturated rings. The molecule has 0 saturated heterocycles. The number of carbonyl (C=O) groups is 2. The molecule has 3 rings (SSSR count). The molecule has 5 heteroatoms. The number of hydrogen-bond acceptors (Lipinski definition) is 3. The highest BCUT2D eigenvalue weighted by Gasteiger charge is 2.33. The minimum Gasteiger partial charge on any atom is -0.481 e. The molecule has 0 unspecified atom stereocenters. The molecule has 2 atom stereocenters. The molecule has 2 aromatic carbocycles. The number of benzene rings is 2. The lowest BCUT2D eigenvalue weighted by Gasteiger charge is -2.40. The minimum absolute atomic E-state index is 0.00985. The van der Waals surface area contributed by atoms with Crippen LogP contribution in [0.3, 0.4) is 0 Å². The van der Waals surface area contributed by atoms with Crippen molar-refractivity contribution < 1.29 is 14.7 Å². The molecular formula is C21H24N2O3. The summed E-state index contributed by atoms with van der Waals surface area (Å²) in [7, 11) is 0. The van der Waals surface area contributed by atoms with Crippen molar-refractivity contribution in [3.8, 4) is 0 Å². The topological polar surface area (TPSA) is 69.6 Å². The van der Waals surface area contributed by atoms with Crippen LogP contribution in [0.2, 0.25) is 0 Å². The largest absolute Gasteiger partial charge is 0.481 e. The second-order valence-corrected chi connectivity index (χ2v) is 6.72. The molecule has 0 bridgehead atoms. The van der Waals surface area contributed by atoms with Crippen LogP contribution in [0, 0.1) is 0 Å². The number of hydrogen-bond donors (Lipinski definition) is 2. The van der Waals surface area contributed by atoms with Crippen LogP contribution in [0.4, 0.5) is 11.4 Å². The third kappa shape index (κ3) is 4.04. The van der Waals surface area contributed by atoms with Crippen LogP contribution in [-0.2, 0) is 9.59 Å². The lowest BCUT2D eigenvalue weighted by molar-refractivity contribution is -0.137. The Hall–Kier alpha value is -2.82. The van der Waals surface area contributed by atoms with Crippen molar-refractivity contribution >= 4 is 23.3 Å². The molecular weight excluding hydrogens is 328 g/mol. The van der Waals surface area contributed by atoms with Gasteiger partial charge in [-0.25, -0.2) is 0 Å². The molecule has 0 aliphatic carbocycles. The monoisotopic (exact) mass is 352 g/mol. The smallest absolute Gasteiger partial charge is 0.303 e. The van der Waals surface area contributed by atoms with Crippen LogP contribution >= 0.6 is 0 Å². The Kier molecular flexibility index (Phi) is 5.56. The molecule has 1 amide bonds. The number of carboxylic acids is 1. The van der Waals surface area contributed by atoms with Crippen LogP contribution in [0.25, 0.3) is 0 Å². The van der Waals surface area contributed by atoms with Crippen molar-refractivity contribution in [3.05, 3.63) is 60.2 Å². The Morgan fingerprint density at radius 3 is 2.50 bits per heavy atom. The third-order valence-corrected chi connectivity index (χ3v) is 4.75. The normalized spacial score (nSPS) is 18.9. The van der Waals surface area contributed by atoms with Gasteiger partial charge >= 0.3 is 5.97 Å². The second-order valence-electron chi connectivity index (χ2n) is 6.72. The van der Waals surface area contributed by atoms with E-state index in [2.05, 4.69) is 11.4 Å². The van der Waals surface area contributed by atoms with Crippen LogP contribution in [0.1, 0.15) is 44.2 Å². The van der Waals surface area contributed by atoms with E-state index in [1.807, 2.05) is 60.4 Å². The predicted molar refractivity (Wildman–Crippen MR) is 102 cm³/mol. The lowest BCUT2D eigenvalue weighted by atomic mass is 9.91. The van der Waals surface area contributed by atoms with E-state index in [0.29, 0.717) is 6.42 Å². The summed E-state index contributed by atoms with van der Waals surface area (Å²) in [5, 5.41) is 12.4. The Bertz CT molecular complexity index is 776. The highest BCUT2D eigenvalue weighted by molar-refractivity contribution is 5.95. The SMILES string of the molecule is C[C@@H]1C[C@H](Nc2ccccc2)c2ccccc2N1C(=O)CCCC(=O)O. The van der Waals surface area contributed by atoms with Crippen molar-refractivity contribution in [1.82, 2.24) is 0 Å². The van der Waals surface area contributed by atoms with Gasteiger partial charge in [0, 0.05) is 30.3 Å². The maximum absolute atomic E-state index is 12.7. The van der Waals surface area contributed by atoms with Gasteiger partial charge in [-0.15, -0.1) is 0 Å². The number of rotatable bonds is 6. The van der Waals surface area contributed by atoms with Crippen molar-refractivity contribution in [2.24, 2.45) is 0 Å². The number of anilines is 2. The number of nitrogens with zero attached hydrogens (tertiary/aromatic N) is 1. The Labute approximate surface area is 153 Å². The third-order valence-electron chi connectivity index (χ3n) is 4.75. The number of amides is 1. The van der Waals surface area contributed by atoms with Crippen LogP contribution in [0.5, 0.6) is 0 Å². The van der Waals surface area contributed by atoms with E-state index in [9.17, 15) is 9.59 Å². The zero-order chi connectivity index (χ0) is 18.5. The summed E-state index contributed by atoms with van der Waals surface area (Å²) in [6.45, 7) is 2.05. The average molecular weight is 352 g/mol. The van der Waals surface area contributed by atoms with E-state index in [0.717, 1.165) is 23.4 Å². The Morgan fingerprint density at radius 2 is 1.77 bits per heavy atom. The quantitative estimate of drug-likeness (QED) is 0.817. The van der Waals surface area contributed by atoms with Crippen LogP contribution in [-0.4, -0.2) is 23.0 Å². The highest BCUT2D eigenvalue weighted by Crippen LogP contribution is 2.39. The van der Waals surface area contributed by atoms with Crippen LogP contribution in [0.15, 0.2) is 54.6 Å². The molecule has 2 N–H and O–H groups in total. The number of fused-ring (bicyclic) bond motifs is 1. The van der Waals surface area contributed by atoms with Gasteiger partial charge in [-0.1, -0.05) is 36.4 Å². The summed E-state index contributed by atoms with van der Waals surface area (Å²) in [5.41, 5.74) is 3.07. The first-order valence-electron chi connectivity index (χ1n) is 9.00. The van der Waals surface area contributed by atoms with Gasteiger partial charge in [0.25, 0.3) is 0 Å². The van der Waals surface area contributed by atoms with Gasteiger partial charge in [-0.3, -0.25) is 9.59 Å². The Morgan fingerprint density at radius 1 is 1.08 bits per heavy atom.